The minimum absolute atomic E-state index is 0.274. The topological polar surface area (TPSA) is 52.6 Å². The van der Waals surface area contributed by atoms with Crippen LogP contribution < -0.4 is 5.32 Å². The number of hydrogen-bond acceptors (Lipinski definition) is 3. The molecule has 1 amide bonds. The molecule has 1 unspecified atom stereocenters. The molecule has 1 rings (SSSR count). The molecule has 7 heteroatoms. The van der Waals surface area contributed by atoms with Crippen LogP contribution in [0.25, 0.3) is 0 Å². The zero-order valence-corrected chi connectivity index (χ0v) is 11.8. The lowest BCUT2D eigenvalue weighted by molar-refractivity contribution is -0.169. The molecule has 0 saturated carbocycles. The van der Waals surface area contributed by atoms with E-state index in [4.69, 9.17) is 5.11 Å². The predicted molar refractivity (Wildman–Crippen MR) is 69.2 cm³/mol. The summed E-state index contributed by atoms with van der Waals surface area (Å²) in [5.41, 5.74) is -0.757. The zero-order valence-electron chi connectivity index (χ0n) is 11.8. The van der Waals surface area contributed by atoms with Crippen LogP contribution in [-0.2, 0) is 4.79 Å². The second-order valence-electron chi connectivity index (χ2n) is 5.38. The number of nitrogens with zero attached hydrogens (tertiary/aromatic N) is 1. The van der Waals surface area contributed by atoms with Crippen LogP contribution in [0, 0.1) is 5.41 Å². The summed E-state index contributed by atoms with van der Waals surface area (Å²) >= 11 is 0. The molecule has 1 saturated heterocycles. The normalized spacial score (nSPS) is 23.6. The highest BCUT2D eigenvalue weighted by Gasteiger charge is 2.43. The van der Waals surface area contributed by atoms with Gasteiger partial charge in [0.2, 0.25) is 5.91 Å². The van der Waals surface area contributed by atoms with Crippen molar-refractivity contribution in [2.45, 2.75) is 38.8 Å². The van der Waals surface area contributed by atoms with Crippen molar-refractivity contribution in [2.24, 2.45) is 5.41 Å². The lowest BCUT2D eigenvalue weighted by atomic mass is 9.75. The number of rotatable bonds is 6. The third-order valence-corrected chi connectivity index (χ3v) is 3.68. The van der Waals surface area contributed by atoms with Crippen LogP contribution in [0.1, 0.15) is 32.6 Å². The molecule has 0 aromatic carbocycles. The molecule has 0 radical (unpaired) electrons. The maximum atomic E-state index is 12.6. The second-order valence-corrected chi connectivity index (χ2v) is 5.38. The number of carbonyl (C=O) groups is 1. The zero-order chi connectivity index (χ0) is 15.2. The van der Waals surface area contributed by atoms with Crippen LogP contribution in [0.2, 0.25) is 0 Å². The molecule has 0 aliphatic carbocycles. The SMILES string of the molecule is CCCC1(C(=O)N(CCO)CC(F)(F)F)CCCNC1. The molecular weight excluding hydrogens is 273 g/mol. The van der Waals surface area contributed by atoms with Gasteiger partial charge in [-0.1, -0.05) is 13.3 Å². The van der Waals surface area contributed by atoms with Gasteiger partial charge in [0.25, 0.3) is 0 Å². The molecule has 0 spiro atoms. The number of nitrogens with one attached hydrogen (secondary N) is 1. The highest BCUT2D eigenvalue weighted by molar-refractivity contribution is 5.83. The molecular formula is C13H23F3N2O2. The summed E-state index contributed by atoms with van der Waals surface area (Å²) in [7, 11) is 0. The molecule has 1 heterocycles. The van der Waals surface area contributed by atoms with Crippen LogP contribution >= 0.6 is 0 Å². The Morgan fingerprint density at radius 3 is 2.60 bits per heavy atom. The molecule has 0 aromatic rings. The number of amides is 1. The first-order valence-corrected chi connectivity index (χ1v) is 7.02. The predicted octanol–water partition coefficient (Wildman–Crippen LogP) is 1.54. The van der Waals surface area contributed by atoms with Crippen molar-refractivity contribution in [1.82, 2.24) is 10.2 Å². The van der Waals surface area contributed by atoms with Crippen molar-refractivity contribution in [3.8, 4) is 0 Å². The number of piperidine rings is 1. The molecule has 0 aromatic heterocycles. The number of aliphatic hydroxyl groups is 1. The second kappa shape index (κ2) is 7.26. The molecule has 0 bridgehead atoms. The van der Waals surface area contributed by atoms with Gasteiger partial charge in [-0.15, -0.1) is 0 Å². The number of aliphatic hydroxyl groups excluding tert-OH is 1. The Hall–Kier alpha value is -0.820. The number of hydrogen-bond donors (Lipinski definition) is 2. The van der Waals surface area contributed by atoms with Crippen molar-refractivity contribution < 1.29 is 23.1 Å². The Morgan fingerprint density at radius 1 is 1.45 bits per heavy atom. The summed E-state index contributed by atoms with van der Waals surface area (Å²) in [5.74, 6) is -0.488. The highest BCUT2D eigenvalue weighted by atomic mass is 19.4. The van der Waals surface area contributed by atoms with E-state index in [0.29, 0.717) is 19.4 Å². The standard InChI is InChI=1S/C13H23F3N2O2/c1-2-4-12(5-3-6-17-9-12)11(20)18(7-8-19)10-13(14,15)16/h17,19H,2-10H2,1H3. The van der Waals surface area contributed by atoms with Gasteiger partial charge in [-0.2, -0.15) is 13.2 Å². The minimum atomic E-state index is -4.44. The fourth-order valence-electron chi connectivity index (χ4n) is 2.87. The van der Waals surface area contributed by atoms with Gasteiger partial charge in [-0.25, -0.2) is 0 Å². The van der Waals surface area contributed by atoms with Crippen molar-refractivity contribution in [3.63, 3.8) is 0 Å². The highest BCUT2D eigenvalue weighted by Crippen LogP contribution is 2.34. The first-order valence-electron chi connectivity index (χ1n) is 7.02. The lowest BCUT2D eigenvalue weighted by Gasteiger charge is -2.40. The van der Waals surface area contributed by atoms with Crippen LogP contribution in [0.4, 0.5) is 13.2 Å². The van der Waals surface area contributed by atoms with Crippen molar-refractivity contribution >= 4 is 5.91 Å². The maximum Gasteiger partial charge on any atom is 0.406 e. The lowest BCUT2D eigenvalue weighted by Crippen LogP contribution is -2.54. The minimum Gasteiger partial charge on any atom is -0.395 e. The van der Waals surface area contributed by atoms with E-state index in [0.717, 1.165) is 24.3 Å². The van der Waals surface area contributed by atoms with E-state index in [9.17, 15) is 18.0 Å². The Morgan fingerprint density at radius 2 is 2.15 bits per heavy atom. The maximum absolute atomic E-state index is 12.6. The quantitative estimate of drug-likeness (QED) is 0.782. The summed E-state index contributed by atoms with van der Waals surface area (Å²) in [6.45, 7) is 1.10. The van der Waals surface area contributed by atoms with Gasteiger partial charge < -0.3 is 15.3 Å². The van der Waals surface area contributed by atoms with Crippen molar-refractivity contribution in [1.29, 1.82) is 0 Å². The average Bonchev–Trinajstić information content (AvgIpc) is 2.37. The van der Waals surface area contributed by atoms with Gasteiger partial charge >= 0.3 is 6.18 Å². The molecule has 1 fully saturated rings. The largest absolute Gasteiger partial charge is 0.406 e. The van der Waals surface area contributed by atoms with E-state index in [1.54, 1.807) is 0 Å². The van der Waals surface area contributed by atoms with Gasteiger partial charge in [0.05, 0.1) is 12.0 Å². The molecule has 20 heavy (non-hydrogen) atoms. The molecule has 1 aliphatic rings. The van der Waals surface area contributed by atoms with Crippen LogP contribution in [0.3, 0.4) is 0 Å². The fraction of sp³-hybridized carbons (Fsp3) is 0.923. The Labute approximate surface area is 117 Å². The molecule has 1 atom stereocenters. The van der Waals surface area contributed by atoms with Gasteiger partial charge in [-0.3, -0.25) is 4.79 Å². The van der Waals surface area contributed by atoms with E-state index in [2.05, 4.69) is 5.32 Å². The van der Waals surface area contributed by atoms with E-state index in [-0.39, 0.29) is 6.54 Å². The summed E-state index contributed by atoms with van der Waals surface area (Å²) in [4.78, 5) is 13.3. The van der Waals surface area contributed by atoms with E-state index >= 15 is 0 Å². The monoisotopic (exact) mass is 296 g/mol. The fourth-order valence-corrected chi connectivity index (χ4v) is 2.87. The van der Waals surface area contributed by atoms with E-state index in [1.165, 1.54) is 0 Å². The number of carbonyl (C=O) groups excluding carboxylic acids is 1. The van der Waals surface area contributed by atoms with E-state index < -0.39 is 30.7 Å². The molecule has 2 N–H and O–H groups in total. The smallest absolute Gasteiger partial charge is 0.395 e. The average molecular weight is 296 g/mol. The summed E-state index contributed by atoms with van der Waals surface area (Å²) in [6.07, 6.45) is -1.75. The Balaban J connectivity index is 2.88. The first kappa shape index (κ1) is 17.2. The Bertz CT molecular complexity index is 310. The first-order chi connectivity index (χ1) is 9.34. The van der Waals surface area contributed by atoms with Gasteiger partial charge in [0.1, 0.15) is 6.54 Å². The van der Waals surface area contributed by atoms with E-state index in [1.807, 2.05) is 6.92 Å². The molecule has 118 valence electrons. The van der Waals surface area contributed by atoms with Crippen LogP contribution in [0.15, 0.2) is 0 Å². The van der Waals surface area contributed by atoms with Crippen molar-refractivity contribution in [3.05, 3.63) is 0 Å². The third kappa shape index (κ3) is 4.63. The Kier molecular flexibility index (Phi) is 6.26. The molecule has 1 aliphatic heterocycles. The van der Waals surface area contributed by atoms with Crippen molar-refractivity contribution in [2.75, 3.05) is 32.8 Å². The van der Waals surface area contributed by atoms with Crippen LogP contribution in [0.5, 0.6) is 0 Å². The number of alkyl halides is 3. The summed E-state index contributed by atoms with van der Waals surface area (Å²) < 4.78 is 37.7. The third-order valence-electron chi connectivity index (χ3n) is 3.68. The van der Waals surface area contributed by atoms with Gasteiger partial charge in [0, 0.05) is 13.1 Å². The molecule has 4 nitrogen and oxygen atoms in total. The summed E-state index contributed by atoms with van der Waals surface area (Å²) in [6, 6.07) is 0. The number of halogens is 3. The van der Waals surface area contributed by atoms with Gasteiger partial charge in [-0.05, 0) is 25.8 Å². The van der Waals surface area contributed by atoms with Gasteiger partial charge in [0.15, 0.2) is 0 Å². The summed E-state index contributed by atoms with van der Waals surface area (Å²) in [5, 5.41) is 12.0. The van der Waals surface area contributed by atoms with Crippen LogP contribution in [-0.4, -0.2) is 54.9 Å².